The lowest BCUT2D eigenvalue weighted by Gasteiger charge is -2.35. The largest absolute Gasteiger partial charge is 0.494 e. The first kappa shape index (κ1) is 19.9. The molecule has 0 saturated carbocycles. The van der Waals surface area contributed by atoms with E-state index in [9.17, 15) is 13.2 Å². The average molecular weight is 418 g/mol. The number of hydrogen-bond acceptors (Lipinski definition) is 4. The van der Waals surface area contributed by atoms with Crippen LogP contribution in [-0.2, 0) is 19.1 Å². The monoisotopic (exact) mass is 418 g/mol. The van der Waals surface area contributed by atoms with Gasteiger partial charge in [0.1, 0.15) is 10.8 Å². The summed E-state index contributed by atoms with van der Waals surface area (Å²) >= 11 is 1.67. The summed E-state index contributed by atoms with van der Waals surface area (Å²) in [6.07, 6.45) is -0.769. The van der Waals surface area contributed by atoms with Crippen LogP contribution >= 0.6 is 11.3 Å². The van der Waals surface area contributed by atoms with Crippen LogP contribution in [0.5, 0.6) is 5.75 Å². The molecule has 0 bridgehead atoms. The molecular formula is C22H21F3N2OS. The Morgan fingerprint density at radius 3 is 2.52 bits per heavy atom. The molecule has 0 spiro atoms. The molecule has 2 aromatic carbocycles. The van der Waals surface area contributed by atoms with Crippen LogP contribution in [0.15, 0.2) is 60.1 Å². The summed E-state index contributed by atoms with van der Waals surface area (Å²) in [5.41, 5.74) is 2.04. The van der Waals surface area contributed by atoms with Crippen molar-refractivity contribution in [3.8, 4) is 5.75 Å². The number of thiazole rings is 1. The Morgan fingerprint density at radius 2 is 1.83 bits per heavy atom. The Labute approximate surface area is 171 Å². The van der Waals surface area contributed by atoms with Crippen LogP contribution in [0.1, 0.15) is 34.2 Å². The number of benzene rings is 2. The number of alkyl halides is 3. The first-order chi connectivity index (χ1) is 14.0. The first-order valence-electron chi connectivity index (χ1n) is 9.51. The van der Waals surface area contributed by atoms with Gasteiger partial charge in [0.15, 0.2) is 0 Å². The normalized spacial score (nSPS) is 17.1. The van der Waals surface area contributed by atoms with Crippen molar-refractivity contribution < 1.29 is 17.9 Å². The molecule has 29 heavy (non-hydrogen) atoms. The summed E-state index contributed by atoms with van der Waals surface area (Å²) in [6.45, 7) is 2.15. The summed E-state index contributed by atoms with van der Waals surface area (Å²) in [5, 5.41) is 3.12. The molecule has 4 rings (SSSR count). The Kier molecular flexibility index (Phi) is 5.87. The molecule has 7 heteroatoms. The number of rotatable bonds is 6. The van der Waals surface area contributed by atoms with Crippen molar-refractivity contribution in [1.82, 2.24) is 9.88 Å². The molecule has 2 heterocycles. The zero-order chi connectivity index (χ0) is 20.3. The minimum Gasteiger partial charge on any atom is -0.494 e. The smallest absolute Gasteiger partial charge is 0.416 e. The molecule has 1 aliphatic rings. The molecule has 152 valence electrons. The van der Waals surface area contributed by atoms with Crippen LogP contribution in [0, 0.1) is 0 Å². The lowest BCUT2D eigenvalue weighted by Crippen LogP contribution is -2.35. The van der Waals surface area contributed by atoms with Gasteiger partial charge in [-0.2, -0.15) is 13.2 Å². The van der Waals surface area contributed by atoms with Gasteiger partial charge in [0.25, 0.3) is 0 Å². The molecule has 0 amide bonds. The van der Waals surface area contributed by atoms with Crippen molar-refractivity contribution in [2.24, 2.45) is 0 Å². The van der Waals surface area contributed by atoms with E-state index in [4.69, 9.17) is 4.74 Å². The Hall–Kier alpha value is -2.38. The third-order valence-electron chi connectivity index (χ3n) is 5.12. The molecule has 0 radical (unpaired) electrons. The SMILES string of the molecule is FC(F)(F)c1ccc(OCCCN2Cc3ccccc3CC2c2nccs2)cc1. The summed E-state index contributed by atoms with van der Waals surface area (Å²) < 4.78 is 43.6. The standard InChI is InChI=1S/C22H21F3N2OS/c23-22(24,25)18-6-8-19(9-7-18)28-12-3-11-27-15-17-5-2-1-4-16(17)14-20(27)21-26-10-13-29-21/h1-2,4-10,13,20H,3,11-12,14-15H2. The maximum atomic E-state index is 12.6. The van der Waals surface area contributed by atoms with Gasteiger partial charge in [-0.1, -0.05) is 24.3 Å². The summed E-state index contributed by atoms with van der Waals surface area (Å²) in [6, 6.07) is 13.6. The van der Waals surface area contributed by atoms with Gasteiger partial charge in [-0.3, -0.25) is 4.90 Å². The highest BCUT2D eigenvalue weighted by Gasteiger charge is 2.30. The molecule has 1 unspecified atom stereocenters. The van der Waals surface area contributed by atoms with Gasteiger partial charge in [-0.25, -0.2) is 4.98 Å². The quantitative estimate of drug-likeness (QED) is 0.478. The van der Waals surface area contributed by atoms with Gasteiger partial charge in [0.2, 0.25) is 0 Å². The molecule has 1 aliphatic heterocycles. The van der Waals surface area contributed by atoms with Gasteiger partial charge in [0, 0.05) is 24.7 Å². The van der Waals surface area contributed by atoms with E-state index >= 15 is 0 Å². The van der Waals surface area contributed by atoms with Crippen LogP contribution in [0.2, 0.25) is 0 Å². The number of ether oxygens (including phenoxy) is 1. The zero-order valence-electron chi connectivity index (χ0n) is 15.7. The fraction of sp³-hybridized carbons (Fsp3) is 0.318. The lowest BCUT2D eigenvalue weighted by molar-refractivity contribution is -0.137. The van der Waals surface area contributed by atoms with Crippen molar-refractivity contribution in [3.05, 3.63) is 81.8 Å². The van der Waals surface area contributed by atoms with Crippen LogP contribution < -0.4 is 4.74 Å². The van der Waals surface area contributed by atoms with Crippen molar-refractivity contribution in [3.63, 3.8) is 0 Å². The number of fused-ring (bicyclic) bond motifs is 1. The molecule has 0 aliphatic carbocycles. The van der Waals surface area contributed by atoms with Gasteiger partial charge < -0.3 is 4.74 Å². The van der Waals surface area contributed by atoms with Crippen LogP contribution in [0.4, 0.5) is 13.2 Å². The van der Waals surface area contributed by atoms with E-state index in [0.717, 1.165) is 43.1 Å². The van der Waals surface area contributed by atoms with Crippen LogP contribution in [0.25, 0.3) is 0 Å². The van der Waals surface area contributed by atoms with Crippen molar-refractivity contribution in [2.75, 3.05) is 13.2 Å². The lowest BCUT2D eigenvalue weighted by atomic mass is 9.94. The molecule has 1 aromatic heterocycles. The maximum absolute atomic E-state index is 12.6. The first-order valence-corrected chi connectivity index (χ1v) is 10.4. The minimum atomic E-state index is -4.33. The van der Waals surface area contributed by atoms with Crippen molar-refractivity contribution in [2.45, 2.75) is 31.6 Å². The number of hydrogen-bond donors (Lipinski definition) is 0. The predicted octanol–water partition coefficient (Wildman–Crippen LogP) is 5.73. The topological polar surface area (TPSA) is 25.4 Å². The van der Waals surface area contributed by atoms with Crippen molar-refractivity contribution in [1.29, 1.82) is 0 Å². The van der Waals surface area contributed by atoms with Crippen molar-refractivity contribution >= 4 is 11.3 Å². The highest BCUT2D eigenvalue weighted by atomic mass is 32.1. The molecule has 0 saturated heterocycles. The molecule has 3 aromatic rings. The number of halogens is 3. The Bertz CT molecular complexity index is 926. The predicted molar refractivity (Wildman–Crippen MR) is 107 cm³/mol. The van der Waals surface area contributed by atoms with Gasteiger partial charge >= 0.3 is 6.18 Å². The Balaban J connectivity index is 1.35. The molecule has 1 atom stereocenters. The second kappa shape index (κ2) is 8.55. The van der Waals surface area contributed by atoms with Gasteiger partial charge in [-0.05, 0) is 48.2 Å². The summed E-state index contributed by atoms with van der Waals surface area (Å²) in [7, 11) is 0. The molecule has 0 N–H and O–H groups in total. The second-order valence-electron chi connectivity index (χ2n) is 7.05. The molecule has 3 nitrogen and oxygen atoms in total. The molecular weight excluding hydrogens is 397 g/mol. The maximum Gasteiger partial charge on any atom is 0.416 e. The van der Waals surface area contributed by atoms with Gasteiger partial charge in [0.05, 0.1) is 18.2 Å². The van der Waals surface area contributed by atoms with Crippen LogP contribution in [-0.4, -0.2) is 23.0 Å². The number of aromatic nitrogens is 1. The van der Waals surface area contributed by atoms with E-state index in [2.05, 4.69) is 34.1 Å². The van der Waals surface area contributed by atoms with Gasteiger partial charge in [-0.15, -0.1) is 11.3 Å². The number of nitrogens with zero attached hydrogens (tertiary/aromatic N) is 2. The van der Waals surface area contributed by atoms with E-state index in [0.29, 0.717) is 12.4 Å². The van der Waals surface area contributed by atoms with E-state index in [1.54, 1.807) is 11.3 Å². The highest BCUT2D eigenvalue weighted by molar-refractivity contribution is 7.09. The fourth-order valence-corrected chi connectivity index (χ4v) is 4.42. The average Bonchev–Trinajstić information content (AvgIpc) is 3.25. The van der Waals surface area contributed by atoms with E-state index in [1.807, 2.05) is 11.6 Å². The van der Waals surface area contributed by atoms with E-state index in [-0.39, 0.29) is 6.04 Å². The third-order valence-corrected chi connectivity index (χ3v) is 6.00. The Morgan fingerprint density at radius 1 is 1.07 bits per heavy atom. The highest BCUT2D eigenvalue weighted by Crippen LogP contribution is 2.34. The summed E-state index contributed by atoms with van der Waals surface area (Å²) in [5.74, 6) is 0.457. The van der Waals surface area contributed by atoms with E-state index in [1.165, 1.54) is 23.3 Å². The van der Waals surface area contributed by atoms with Crippen LogP contribution in [0.3, 0.4) is 0 Å². The third kappa shape index (κ3) is 4.79. The minimum absolute atomic E-state index is 0.246. The second-order valence-corrected chi connectivity index (χ2v) is 7.98. The zero-order valence-corrected chi connectivity index (χ0v) is 16.5. The fourth-order valence-electron chi connectivity index (χ4n) is 3.65. The molecule has 0 fully saturated rings. The summed E-state index contributed by atoms with van der Waals surface area (Å²) in [4.78, 5) is 6.93. The van der Waals surface area contributed by atoms with E-state index < -0.39 is 11.7 Å².